The fraction of sp³-hybridized carbons (Fsp3) is 0.333. The van der Waals surface area contributed by atoms with E-state index in [1.165, 1.54) is 0 Å². The minimum atomic E-state index is 0.0222. The van der Waals surface area contributed by atoms with E-state index >= 15 is 0 Å². The summed E-state index contributed by atoms with van der Waals surface area (Å²) in [5.41, 5.74) is 1.06. The Labute approximate surface area is 89.3 Å². The third kappa shape index (κ3) is 2.13. The zero-order valence-electron chi connectivity index (χ0n) is 8.90. The van der Waals surface area contributed by atoms with E-state index in [1.54, 1.807) is 14.2 Å². The lowest BCUT2D eigenvalue weighted by Crippen LogP contribution is -1.97. The van der Waals surface area contributed by atoms with E-state index in [0.29, 0.717) is 6.61 Å². The van der Waals surface area contributed by atoms with E-state index in [2.05, 4.69) is 0 Å². The minimum absolute atomic E-state index is 0.0222. The standard InChI is InChI=1S/C12H14O3/c1-13-10-6-9(7-11(8-10)14-2)12-4-3-5-15-12/h3-4,6-8,12H,5H2,1-2H3. The van der Waals surface area contributed by atoms with Crippen molar-refractivity contribution in [2.24, 2.45) is 0 Å². The molecule has 1 aliphatic heterocycles. The molecule has 0 radical (unpaired) electrons. The topological polar surface area (TPSA) is 27.7 Å². The van der Waals surface area contributed by atoms with Crippen LogP contribution in [-0.2, 0) is 4.74 Å². The summed E-state index contributed by atoms with van der Waals surface area (Å²) in [6, 6.07) is 5.77. The number of benzene rings is 1. The number of hydrogen-bond donors (Lipinski definition) is 0. The summed E-state index contributed by atoms with van der Waals surface area (Å²) in [6.45, 7) is 0.671. The van der Waals surface area contributed by atoms with Crippen molar-refractivity contribution in [3.05, 3.63) is 35.9 Å². The van der Waals surface area contributed by atoms with Gasteiger partial charge < -0.3 is 14.2 Å². The van der Waals surface area contributed by atoms with Crippen molar-refractivity contribution in [1.29, 1.82) is 0 Å². The second kappa shape index (κ2) is 4.36. The highest BCUT2D eigenvalue weighted by Crippen LogP contribution is 2.30. The molecule has 1 heterocycles. The van der Waals surface area contributed by atoms with Crippen molar-refractivity contribution < 1.29 is 14.2 Å². The van der Waals surface area contributed by atoms with Gasteiger partial charge in [-0.15, -0.1) is 0 Å². The van der Waals surface area contributed by atoms with Gasteiger partial charge in [0.1, 0.15) is 17.6 Å². The molecule has 1 aliphatic rings. The third-order valence-corrected chi connectivity index (χ3v) is 2.39. The van der Waals surface area contributed by atoms with Crippen LogP contribution in [0.15, 0.2) is 30.4 Å². The Morgan fingerprint density at radius 1 is 1.13 bits per heavy atom. The summed E-state index contributed by atoms with van der Waals surface area (Å²) in [7, 11) is 3.29. The van der Waals surface area contributed by atoms with E-state index in [-0.39, 0.29) is 6.10 Å². The van der Waals surface area contributed by atoms with Crippen LogP contribution in [0.1, 0.15) is 11.7 Å². The molecule has 3 nitrogen and oxygen atoms in total. The lowest BCUT2D eigenvalue weighted by atomic mass is 10.1. The summed E-state index contributed by atoms with van der Waals surface area (Å²) in [5, 5.41) is 0. The first-order chi connectivity index (χ1) is 7.33. The van der Waals surface area contributed by atoms with Crippen LogP contribution >= 0.6 is 0 Å². The lowest BCUT2D eigenvalue weighted by Gasteiger charge is -2.12. The first-order valence-corrected chi connectivity index (χ1v) is 4.84. The van der Waals surface area contributed by atoms with Crippen LogP contribution in [0.2, 0.25) is 0 Å². The summed E-state index contributed by atoms with van der Waals surface area (Å²) in [5.74, 6) is 1.57. The molecule has 0 saturated heterocycles. The van der Waals surface area contributed by atoms with Gasteiger partial charge in [0.15, 0.2) is 0 Å². The highest BCUT2D eigenvalue weighted by molar-refractivity contribution is 5.40. The Kier molecular flexibility index (Phi) is 2.92. The Hall–Kier alpha value is -1.48. The quantitative estimate of drug-likeness (QED) is 0.710. The maximum atomic E-state index is 5.52. The molecule has 1 aromatic rings. The highest BCUT2D eigenvalue weighted by atomic mass is 16.5. The van der Waals surface area contributed by atoms with E-state index in [0.717, 1.165) is 17.1 Å². The average Bonchev–Trinajstić information content (AvgIpc) is 2.81. The Morgan fingerprint density at radius 3 is 2.27 bits per heavy atom. The highest BCUT2D eigenvalue weighted by Gasteiger charge is 2.14. The minimum Gasteiger partial charge on any atom is -0.497 e. The van der Waals surface area contributed by atoms with Crippen molar-refractivity contribution in [3.8, 4) is 11.5 Å². The molecule has 3 heteroatoms. The first kappa shape index (κ1) is 10.1. The van der Waals surface area contributed by atoms with E-state index in [4.69, 9.17) is 14.2 Å². The molecule has 0 N–H and O–H groups in total. The molecule has 0 aliphatic carbocycles. The molecule has 80 valence electrons. The van der Waals surface area contributed by atoms with E-state index < -0.39 is 0 Å². The zero-order chi connectivity index (χ0) is 10.7. The van der Waals surface area contributed by atoms with Crippen LogP contribution in [0, 0.1) is 0 Å². The van der Waals surface area contributed by atoms with Gasteiger partial charge in [0, 0.05) is 6.07 Å². The van der Waals surface area contributed by atoms with Crippen molar-refractivity contribution in [1.82, 2.24) is 0 Å². The van der Waals surface area contributed by atoms with Crippen molar-refractivity contribution in [2.45, 2.75) is 6.10 Å². The van der Waals surface area contributed by atoms with Gasteiger partial charge >= 0.3 is 0 Å². The van der Waals surface area contributed by atoms with Gasteiger partial charge in [-0.1, -0.05) is 12.2 Å². The van der Waals surface area contributed by atoms with Crippen LogP contribution in [-0.4, -0.2) is 20.8 Å². The van der Waals surface area contributed by atoms with Crippen LogP contribution in [0.25, 0.3) is 0 Å². The van der Waals surface area contributed by atoms with Gasteiger partial charge in [0.05, 0.1) is 20.8 Å². The maximum Gasteiger partial charge on any atom is 0.122 e. The molecule has 1 atom stereocenters. The van der Waals surface area contributed by atoms with Crippen LogP contribution in [0.5, 0.6) is 11.5 Å². The Balaban J connectivity index is 2.32. The molecule has 0 saturated carbocycles. The fourth-order valence-electron chi connectivity index (χ4n) is 1.59. The molecule has 1 unspecified atom stereocenters. The second-order valence-corrected chi connectivity index (χ2v) is 3.33. The van der Waals surface area contributed by atoms with Crippen LogP contribution in [0.4, 0.5) is 0 Å². The van der Waals surface area contributed by atoms with Crippen molar-refractivity contribution in [3.63, 3.8) is 0 Å². The molecule has 1 aromatic carbocycles. The maximum absolute atomic E-state index is 5.52. The molecule has 0 aromatic heterocycles. The first-order valence-electron chi connectivity index (χ1n) is 4.84. The van der Waals surface area contributed by atoms with Crippen LogP contribution < -0.4 is 9.47 Å². The monoisotopic (exact) mass is 206 g/mol. The lowest BCUT2D eigenvalue weighted by molar-refractivity contribution is 0.129. The normalized spacial score (nSPS) is 19.2. The van der Waals surface area contributed by atoms with Crippen molar-refractivity contribution >= 4 is 0 Å². The molecule has 2 rings (SSSR count). The van der Waals surface area contributed by atoms with E-state index in [9.17, 15) is 0 Å². The second-order valence-electron chi connectivity index (χ2n) is 3.33. The number of methoxy groups -OCH3 is 2. The SMILES string of the molecule is COc1cc(OC)cc(C2C=CCO2)c1. The number of hydrogen-bond acceptors (Lipinski definition) is 3. The predicted octanol–water partition coefficient (Wildman–Crippen LogP) is 2.33. The van der Waals surface area contributed by atoms with Gasteiger partial charge in [-0.05, 0) is 17.7 Å². The van der Waals surface area contributed by atoms with Gasteiger partial charge in [-0.25, -0.2) is 0 Å². The molecular formula is C12H14O3. The largest absolute Gasteiger partial charge is 0.497 e. The molecule has 0 spiro atoms. The molecule has 15 heavy (non-hydrogen) atoms. The van der Waals surface area contributed by atoms with Gasteiger partial charge in [-0.3, -0.25) is 0 Å². The zero-order valence-corrected chi connectivity index (χ0v) is 8.90. The molecule has 0 fully saturated rings. The van der Waals surface area contributed by atoms with E-state index in [1.807, 2.05) is 30.4 Å². The third-order valence-electron chi connectivity index (χ3n) is 2.39. The Bertz CT molecular complexity index is 349. The number of ether oxygens (including phenoxy) is 3. The smallest absolute Gasteiger partial charge is 0.122 e. The predicted molar refractivity (Wildman–Crippen MR) is 57.4 cm³/mol. The van der Waals surface area contributed by atoms with Gasteiger partial charge in [0.2, 0.25) is 0 Å². The molecule has 0 amide bonds. The summed E-state index contributed by atoms with van der Waals surface area (Å²) >= 11 is 0. The summed E-state index contributed by atoms with van der Waals surface area (Å²) in [6.07, 6.45) is 4.07. The van der Waals surface area contributed by atoms with Gasteiger partial charge in [-0.2, -0.15) is 0 Å². The summed E-state index contributed by atoms with van der Waals surface area (Å²) in [4.78, 5) is 0. The number of rotatable bonds is 3. The Morgan fingerprint density at radius 2 is 1.80 bits per heavy atom. The van der Waals surface area contributed by atoms with Crippen molar-refractivity contribution in [2.75, 3.05) is 20.8 Å². The molecule has 0 bridgehead atoms. The average molecular weight is 206 g/mol. The summed E-state index contributed by atoms with van der Waals surface area (Å²) < 4.78 is 15.9. The van der Waals surface area contributed by atoms with Crippen LogP contribution in [0.3, 0.4) is 0 Å². The molecular weight excluding hydrogens is 192 g/mol. The fourth-order valence-corrected chi connectivity index (χ4v) is 1.59. The van der Waals surface area contributed by atoms with Gasteiger partial charge in [0.25, 0.3) is 0 Å².